The molecule has 2 aromatic heterocycles. The van der Waals surface area contributed by atoms with Gasteiger partial charge in [0.25, 0.3) is 0 Å². The van der Waals surface area contributed by atoms with Crippen LogP contribution in [0.3, 0.4) is 0 Å². The number of esters is 1. The first-order chi connectivity index (χ1) is 10.2. The molecule has 2 heterocycles. The molecule has 9 nitrogen and oxygen atoms in total. The van der Waals surface area contributed by atoms with E-state index >= 15 is 0 Å². The maximum atomic E-state index is 11.8. The summed E-state index contributed by atoms with van der Waals surface area (Å²) < 4.78 is 16.4. The van der Waals surface area contributed by atoms with Crippen molar-refractivity contribution in [2.45, 2.75) is 26.8 Å². The number of carbonyl (C=O) groups is 1. The Balaban J connectivity index is 2.04. The van der Waals surface area contributed by atoms with Crippen molar-refractivity contribution in [2.24, 2.45) is 0 Å². The van der Waals surface area contributed by atoms with Gasteiger partial charge in [-0.3, -0.25) is 0 Å². The third-order valence-electron chi connectivity index (χ3n) is 2.81. The maximum absolute atomic E-state index is 11.8. The quantitative estimate of drug-likeness (QED) is 0.533. The van der Waals surface area contributed by atoms with Crippen molar-refractivity contribution in [3.8, 4) is 0 Å². The fourth-order valence-electron chi connectivity index (χ4n) is 1.61. The van der Waals surface area contributed by atoms with E-state index in [2.05, 4.69) is 20.5 Å². The van der Waals surface area contributed by atoms with Crippen molar-refractivity contribution in [3.63, 3.8) is 0 Å². The van der Waals surface area contributed by atoms with Crippen LogP contribution in [0.15, 0.2) is 4.52 Å². The first-order valence-corrected chi connectivity index (χ1v) is 6.53. The molecule has 0 saturated carbocycles. The van der Waals surface area contributed by atoms with E-state index in [9.17, 15) is 4.79 Å². The third kappa shape index (κ3) is 3.63. The lowest BCUT2D eigenvalue weighted by Gasteiger charge is -2.02. The molecule has 0 radical (unpaired) electrons. The van der Waals surface area contributed by atoms with E-state index in [1.165, 1.54) is 11.8 Å². The average molecular weight is 295 g/mol. The molecule has 2 rings (SSSR count). The molecule has 0 N–H and O–H groups in total. The second-order valence-corrected chi connectivity index (χ2v) is 4.27. The number of hydrogen-bond acceptors (Lipinski definition) is 8. The summed E-state index contributed by atoms with van der Waals surface area (Å²) in [5, 5.41) is 11.5. The van der Waals surface area contributed by atoms with Crippen LogP contribution in [-0.2, 0) is 22.4 Å². The van der Waals surface area contributed by atoms with Crippen LogP contribution in [0.1, 0.15) is 34.8 Å². The smallest absolute Gasteiger partial charge is 0.360 e. The molecule has 9 heteroatoms. The predicted octanol–water partition coefficient (Wildman–Crippen LogP) is 0.383. The molecule has 0 unspecified atom stereocenters. The second kappa shape index (κ2) is 6.93. The molecule has 0 aliphatic carbocycles. The lowest BCUT2D eigenvalue weighted by atomic mass is 10.3. The van der Waals surface area contributed by atoms with Gasteiger partial charge in [-0.1, -0.05) is 17.3 Å². The van der Waals surface area contributed by atoms with Crippen molar-refractivity contribution < 1.29 is 18.8 Å². The monoisotopic (exact) mass is 295 g/mol. The molecule has 0 aliphatic rings. The minimum atomic E-state index is -0.532. The van der Waals surface area contributed by atoms with E-state index < -0.39 is 5.97 Å². The first-order valence-electron chi connectivity index (χ1n) is 6.53. The Morgan fingerprint density at radius 2 is 2.19 bits per heavy atom. The van der Waals surface area contributed by atoms with E-state index in [0.29, 0.717) is 30.4 Å². The molecule has 0 spiro atoms. The van der Waals surface area contributed by atoms with Gasteiger partial charge in [0, 0.05) is 13.5 Å². The molecule has 2 aromatic rings. The van der Waals surface area contributed by atoms with Gasteiger partial charge < -0.3 is 14.0 Å². The van der Waals surface area contributed by atoms with Gasteiger partial charge in [-0.25, -0.2) is 9.48 Å². The Labute approximate surface area is 121 Å². The molecule has 0 amide bonds. The molecule has 21 heavy (non-hydrogen) atoms. The fourth-order valence-corrected chi connectivity index (χ4v) is 1.61. The molecule has 0 aromatic carbocycles. The number of nitrogens with zero attached hydrogens (tertiary/aromatic N) is 5. The summed E-state index contributed by atoms with van der Waals surface area (Å²) in [4.78, 5) is 16.0. The molecule has 0 saturated heterocycles. The van der Waals surface area contributed by atoms with Gasteiger partial charge in [-0.05, 0) is 6.92 Å². The Morgan fingerprint density at radius 1 is 1.38 bits per heavy atom. The molecular weight excluding hydrogens is 278 g/mol. The van der Waals surface area contributed by atoms with Crippen molar-refractivity contribution in [1.82, 2.24) is 25.1 Å². The Morgan fingerprint density at radius 3 is 2.86 bits per heavy atom. The zero-order chi connectivity index (χ0) is 15.2. The van der Waals surface area contributed by atoms with Crippen molar-refractivity contribution >= 4 is 5.97 Å². The summed E-state index contributed by atoms with van der Waals surface area (Å²) in [7, 11) is 1.53. The highest BCUT2D eigenvalue weighted by atomic mass is 16.6. The lowest BCUT2D eigenvalue weighted by Crippen LogP contribution is -2.12. The van der Waals surface area contributed by atoms with Crippen LogP contribution >= 0.6 is 0 Å². The lowest BCUT2D eigenvalue weighted by molar-refractivity contribution is 0.0380. The van der Waals surface area contributed by atoms with Gasteiger partial charge in [0.15, 0.2) is 11.5 Å². The summed E-state index contributed by atoms with van der Waals surface area (Å²) in [6, 6.07) is 0. The highest BCUT2D eigenvalue weighted by Crippen LogP contribution is 2.08. The molecule has 0 aliphatic heterocycles. The average Bonchev–Trinajstić information content (AvgIpc) is 3.07. The molecular formula is C12H17N5O4. The van der Waals surface area contributed by atoms with Crippen LogP contribution in [0.25, 0.3) is 0 Å². The van der Waals surface area contributed by atoms with E-state index in [4.69, 9.17) is 14.0 Å². The van der Waals surface area contributed by atoms with Crippen LogP contribution in [0.2, 0.25) is 0 Å². The second-order valence-electron chi connectivity index (χ2n) is 4.27. The number of hydrogen-bond donors (Lipinski definition) is 0. The maximum Gasteiger partial charge on any atom is 0.360 e. The van der Waals surface area contributed by atoms with Gasteiger partial charge in [-0.2, -0.15) is 4.98 Å². The number of methoxy groups -OCH3 is 1. The zero-order valence-corrected chi connectivity index (χ0v) is 12.2. The van der Waals surface area contributed by atoms with Gasteiger partial charge >= 0.3 is 5.97 Å². The SMILES string of the molecule is CCc1noc(Cn2nnc(C(=O)OCCOC)c2C)n1. The topological polar surface area (TPSA) is 105 Å². The molecule has 0 atom stereocenters. The van der Waals surface area contributed by atoms with Gasteiger partial charge in [-0.15, -0.1) is 5.10 Å². The van der Waals surface area contributed by atoms with Gasteiger partial charge in [0.2, 0.25) is 5.89 Å². The van der Waals surface area contributed by atoms with Crippen molar-refractivity contribution in [3.05, 3.63) is 23.1 Å². The first kappa shape index (κ1) is 15.1. The van der Waals surface area contributed by atoms with Crippen LogP contribution in [0.4, 0.5) is 0 Å². The zero-order valence-electron chi connectivity index (χ0n) is 12.2. The Hall–Kier alpha value is -2.29. The van der Waals surface area contributed by atoms with E-state index in [1.54, 1.807) is 6.92 Å². The summed E-state index contributed by atoms with van der Waals surface area (Å²) >= 11 is 0. The third-order valence-corrected chi connectivity index (χ3v) is 2.81. The van der Waals surface area contributed by atoms with Gasteiger partial charge in [0.05, 0.1) is 12.3 Å². The van der Waals surface area contributed by atoms with E-state index in [-0.39, 0.29) is 18.8 Å². The highest BCUT2D eigenvalue weighted by molar-refractivity contribution is 5.88. The van der Waals surface area contributed by atoms with E-state index in [1.807, 2.05) is 6.92 Å². The molecule has 0 fully saturated rings. The summed E-state index contributed by atoms with van der Waals surface area (Å²) in [5.74, 6) is 0.511. The minimum Gasteiger partial charge on any atom is -0.458 e. The summed E-state index contributed by atoms with van der Waals surface area (Å²) in [6.07, 6.45) is 0.691. The standard InChI is InChI=1S/C12H17N5O4/c1-4-9-13-10(21-15-9)7-17-8(2)11(14-16-17)12(18)20-6-5-19-3/h4-7H2,1-3H3. The Bertz CT molecular complexity index is 607. The number of rotatable bonds is 7. The van der Waals surface area contributed by atoms with Crippen LogP contribution in [0.5, 0.6) is 0 Å². The van der Waals surface area contributed by atoms with Crippen LogP contribution < -0.4 is 0 Å². The summed E-state index contributed by atoms with van der Waals surface area (Å²) in [5.41, 5.74) is 0.745. The highest BCUT2D eigenvalue weighted by Gasteiger charge is 2.19. The number of ether oxygens (including phenoxy) is 2. The molecule has 0 bridgehead atoms. The van der Waals surface area contributed by atoms with Gasteiger partial charge in [0.1, 0.15) is 13.2 Å². The summed E-state index contributed by atoms with van der Waals surface area (Å²) in [6.45, 7) is 4.43. The van der Waals surface area contributed by atoms with Crippen LogP contribution in [-0.4, -0.2) is 51.4 Å². The molecule has 114 valence electrons. The van der Waals surface area contributed by atoms with E-state index in [0.717, 1.165) is 0 Å². The fraction of sp³-hybridized carbons (Fsp3) is 0.583. The normalized spacial score (nSPS) is 10.8. The Kier molecular flexibility index (Phi) is 4.99. The number of aromatic nitrogens is 5. The predicted molar refractivity (Wildman–Crippen MR) is 69.7 cm³/mol. The largest absolute Gasteiger partial charge is 0.458 e. The van der Waals surface area contributed by atoms with Crippen molar-refractivity contribution in [2.75, 3.05) is 20.3 Å². The minimum absolute atomic E-state index is 0.168. The number of aryl methyl sites for hydroxylation is 1. The van der Waals surface area contributed by atoms with Crippen molar-refractivity contribution in [1.29, 1.82) is 0 Å². The number of carbonyl (C=O) groups excluding carboxylic acids is 1. The van der Waals surface area contributed by atoms with Crippen LogP contribution in [0, 0.1) is 6.92 Å².